The van der Waals surface area contributed by atoms with Crippen LogP contribution in [0.5, 0.6) is 5.75 Å². The van der Waals surface area contributed by atoms with E-state index in [0.29, 0.717) is 11.1 Å². The Morgan fingerprint density at radius 3 is 2.82 bits per heavy atom. The summed E-state index contributed by atoms with van der Waals surface area (Å²) in [5.74, 6) is 0.753. The van der Waals surface area contributed by atoms with E-state index in [1.807, 2.05) is 0 Å². The summed E-state index contributed by atoms with van der Waals surface area (Å²) in [6.07, 6.45) is 5.78. The lowest BCUT2D eigenvalue weighted by Crippen LogP contribution is -2.30. The van der Waals surface area contributed by atoms with Crippen molar-refractivity contribution in [1.29, 1.82) is 0 Å². The molecule has 1 saturated heterocycles. The zero-order valence-electron chi connectivity index (χ0n) is 9.63. The van der Waals surface area contributed by atoms with E-state index in [0.717, 1.165) is 12.4 Å². The molecule has 98 valence electrons. The van der Waals surface area contributed by atoms with Crippen molar-refractivity contribution < 1.29 is 4.74 Å². The molecule has 3 nitrogen and oxygen atoms in total. The van der Waals surface area contributed by atoms with Crippen LogP contribution in [0.25, 0.3) is 0 Å². The highest BCUT2D eigenvalue weighted by atomic mass is 35.5. The van der Waals surface area contributed by atoms with Gasteiger partial charge in [0.15, 0.2) is 0 Å². The molecule has 1 aliphatic rings. The highest BCUT2D eigenvalue weighted by Gasteiger charge is 2.21. The molecule has 6 heteroatoms. The van der Waals surface area contributed by atoms with Crippen LogP contribution in [-0.4, -0.2) is 36.1 Å². The van der Waals surface area contributed by atoms with Crippen LogP contribution in [0.2, 0.25) is 5.02 Å². The lowest BCUT2D eigenvalue weighted by atomic mass is 10.2. The van der Waals surface area contributed by atoms with Gasteiger partial charge in [0.2, 0.25) is 0 Å². The Morgan fingerprint density at radius 1 is 1.47 bits per heavy atom. The number of ether oxygens (including phenoxy) is 1. The Hall–Kier alpha value is -0.220. The van der Waals surface area contributed by atoms with Crippen molar-refractivity contribution in [2.75, 3.05) is 20.2 Å². The second-order valence-electron chi connectivity index (χ2n) is 3.93. The van der Waals surface area contributed by atoms with E-state index in [-0.39, 0.29) is 24.8 Å². The molecule has 0 unspecified atom stereocenters. The highest BCUT2D eigenvalue weighted by Crippen LogP contribution is 2.18. The molecule has 0 amide bonds. The summed E-state index contributed by atoms with van der Waals surface area (Å²) in [5, 5.41) is 0.618. The number of rotatable bonds is 3. The maximum atomic E-state index is 5.82. The van der Waals surface area contributed by atoms with Crippen molar-refractivity contribution in [1.82, 2.24) is 9.88 Å². The number of hydrogen-bond donors (Lipinski definition) is 0. The Bertz CT molecular complexity index is 338. The summed E-state index contributed by atoms with van der Waals surface area (Å²) in [6.45, 7) is 1.89. The van der Waals surface area contributed by atoms with Crippen LogP contribution in [-0.2, 0) is 0 Å². The van der Waals surface area contributed by atoms with Crippen LogP contribution in [0.1, 0.15) is 12.8 Å². The van der Waals surface area contributed by atoms with Gasteiger partial charge in [-0.1, -0.05) is 11.6 Å². The van der Waals surface area contributed by atoms with E-state index in [4.69, 9.17) is 16.3 Å². The fourth-order valence-corrected chi connectivity index (χ4v) is 2.02. The molecule has 1 aromatic heterocycles. The number of hydrogen-bond acceptors (Lipinski definition) is 3. The van der Waals surface area contributed by atoms with E-state index < -0.39 is 0 Å². The standard InChI is InChI=1S/C11H15ClN2O.2ClH/c1-14-4-2-3-10(14)8-15-11-5-9(12)6-13-7-11;;/h5-7,10H,2-4,8H2,1H3;2*1H/t10-;;/m0../s1. The van der Waals surface area contributed by atoms with E-state index in [9.17, 15) is 0 Å². The van der Waals surface area contributed by atoms with Gasteiger partial charge in [0, 0.05) is 18.3 Å². The quantitative estimate of drug-likeness (QED) is 0.858. The largest absolute Gasteiger partial charge is 0.490 e. The van der Waals surface area contributed by atoms with Gasteiger partial charge in [-0.15, -0.1) is 24.8 Å². The van der Waals surface area contributed by atoms with Crippen molar-refractivity contribution in [3.8, 4) is 5.75 Å². The molecule has 1 fully saturated rings. The zero-order chi connectivity index (χ0) is 10.7. The maximum absolute atomic E-state index is 5.82. The average molecular weight is 300 g/mol. The smallest absolute Gasteiger partial charge is 0.139 e. The summed E-state index contributed by atoms with van der Waals surface area (Å²) in [5.41, 5.74) is 0. The third-order valence-electron chi connectivity index (χ3n) is 2.79. The Balaban J connectivity index is 0.00000128. The van der Waals surface area contributed by atoms with Crippen LogP contribution >= 0.6 is 36.4 Å². The summed E-state index contributed by atoms with van der Waals surface area (Å²) >= 11 is 5.82. The molecule has 0 N–H and O–H groups in total. The topological polar surface area (TPSA) is 25.4 Å². The molecule has 2 rings (SSSR count). The van der Waals surface area contributed by atoms with E-state index >= 15 is 0 Å². The summed E-state index contributed by atoms with van der Waals surface area (Å²) in [4.78, 5) is 6.31. The average Bonchev–Trinajstić information content (AvgIpc) is 2.61. The van der Waals surface area contributed by atoms with E-state index in [2.05, 4.69) is 16.9 Å². The van der Waals surface area contributed by atoms with Gasteiger partial charge in [-0.25, -0.2) is 0 Å². The van der Waals surface area contributed by atoms with Crippen molar-refractivity contribution in [3.05, 3.63) is 23.5 Å². The molecule has 1 atom stereocenters. The number of aromatic nitrogens is 1. The third-order valence-corrected chi connectivity index (χ3v) is 3.00. The molecule has 0 bridgehead atoms. The normalized spacial score (nSPS) is 19.3. The maximum Gasteiger partial charge on any atom is 0.139 e. The second-order valence-corrected chi connectivity index (χ2v) is 4.36. The first kappa shape index (κ1) is 16.8. The van der Waals surface area contributed by atoms with Crippen molar-refractivity contribution >= 4 is 36.4 Å². The predicted molar refractivity (Wildman–Crippen MR) is 74.9 cm³/mol. The first-order valence-corrected chi connectivity index (χ1v) is 5.57. The van der Waals surface area contributed by atoms with Crippen LogP contribution < -0.4 is 4.74 Å². The monoisotopic (exact) mass is 298 g/mol. The molecule has 0 spiro atoms. The number of nitrogens with zero attached hydrogens (tertiary/aromatic N) is 2. The Labute approximate surface area is 119 Å². The lowest BCUT2D eigenvalue weighted by Gasteiger charge is -2.19. The molecular weight excluding hydrogens is 282 g/mol. The zero-order valence-corrected chi connectivity index (χ0v) is 12.0. The molecule has 1 aliphatic heterocycles. The number of halogens is 3. The SMILES string of the molecule is CN1CCC[C@H]1COc1cncc(Cl)c1.Cl.Cl. The molecule has 0 aromatic carbocycles. The van der Waals surface area contributed by atoms with E-state index in [1.54, 1.807) is 18.5 Å². The van der Waals surface area contributed by atoms with Gasteiger partial charge in [0.25, 0.3) is 0 Å². The highest BCUT2D eigenvalue weighted by molar-refractivity contribution is 6.30. The van der Waals surface area contributed by atoms with Gasteiger partial charge in [-0.05, 0) is 26.4 Å². The number of likely N-dealkylation sites (N-methyl/N-ethyl adjacent to an activating group) is 1. The fraction of sp³-hybridized carbons (Fsp3) is 0.545. The van der Waals surface area contributed by atoms with Crippen molar-refractivity contribution in [2.24, 2.45) is 0 Å². The van der Waals surface area contributed by atoms with Crippen molar-refractivity contribution in [3.63, 3.8) is 0 Å². The number of likely N-dealkylation sites (tertiary alicyclic amines) is 1. The molecule has 0 radical (unpaired) electrons. The second kappa shape index (κ2) is 7.98. The van der Waals surface area contributed by atoms with Crippen LogP contribution in [0.4, 0.5) is 0 Å². The van der Waals surface area contributed by atoms with Gasteiger partial charge in [-0.3, -0.25) is 4.98 Å². The minimum Gasteiger partial charge on any atom is -0.490 e. The minimum absolute atomic E-state index is 0. The molecule has 17 heavy (non-hydrogen) atoms. The fourth-order valence-electron chi connectivity index (χ4n) is 1.85. The van der Waals surface area contributed by atoms with Crippen LogP contribution in [0, 0.1) is 0 Å². The number of pyridine rings is 1. The summed E-state index contributed by atoms with van der Waals surface area (Å²) < 4.78 is 5.65. The molecular formula is C11H17Cl3N2O. The third kappa shape index (κ3) is 4.88. The van der Waals surface area contributed by atoms with Gasteiger partial charge < -0.3 is 9.64 Å². The van der Waals surface area contributed by atoms with Crippen molar-refractivity contribution in [2.45, 2.75) is 18.9 Å². The van der Waals surface area contributed by atoms with Gasteiger partial charge in [0.1, 0.15) is 12.4 Å². The molecule has 0 saturated carbocycles. The molecule has 0 aliphatic carbocycles. The Kier molecular flexibility index (Phi) is 7.88. The first-order valence-electron chi connectivity index (χ1n) is 5.19. The van der Waals surface area contributed by atoms with Crippen LogP contribution in [0.3, 0.4) is 0 Å². The van der Waals surface area contributed by atoms with Gasteiger partial charge in [0.05, 0.1) is 11.2 Å². The predicted octanol–water partition coefficient (Wildman–Crippen LogP) is 3.05. The lowest BCUT2D eigenvalue weighted by molar-refractivity contribution is 0.198. The van der Waals surface area contributed by atoms with E-state index in [1.165, 1.54) is 19.4 Å². The van der Waals surface area contributed by atoms with Crippen LogP contribution in [0.15, 0.2) is 18.5 Å². The molecule has 1 aromatic rings. The summed E-state index contributed by atoms with van der Waals surface area (Å²) in [7, 11) is 2.14. The van der Waals surface area contributed by atoms with Gasteiger partial charge >= 0.3 is 0 Å². The van der Waals surface area contributed by atoms with Gasteiger partial charge in [-0.2, -0.15) is 0 Å². The Morgan fingerprint density at radius 2 is 2.24 bits per heavy atom. The summed E-state index contributed by atoms with van der Waals surface area (Å²) in [6, 6.07) is 2.33. The first-order chi connectivity index (χ1) is 7.25. The minimum atomic E-state index is 0. The molecule has 2 heterocycles.